The lowest BCUT2D eigenvalue weighted by atomic mass is 9.84. The predicted molar refractivity (Wildman–Crippen MR) is 80.3 cm³/mol. The Hall–Kier alpha value is -0.680. The van der Waals surface area contributed by atoms with Crippen LogP contribution in [0.5, 0.6) is 0 Å². The summed E-state index contributed by atoms with van der Waals surface area (Å²) in [6.45, 7) is 6.85. The summed E-state index contributed by atoms with van der Waals surface area (Å²) in [5.74, 6) is 1.10. The van der Waals surface area contributed by atoms with Crippen molar-refractivity contribution in [3.8, 4) is 0 Å². The largest absolute Gasteiger partial charge is 0.355 e. The van der Waals surface area contributed by atoms with E-state index in [9.17, 15) is 0 Å². The minimum absolute atomic E-state index is 0.379. The van der Waals surface area contributed by atoms with E-state index in [0.29, 0.717) is 5.41 Å². The summed E-state index contributed by atoms with van der Waals surface area (Å²) in [4.78, 5) is 11.3. The van der Waals surface area contributed by atoms with Gasteiger partial charge in [-0.1, -0.05) is 13.8 Å². The number of piperidine rings is 1. The number of rotatable bonds is 1. The van der Waals surface area contributed by atoms with Crippen LogP contribution in [0.15, 0.2) is 16.2 Å². The van der Waals surface area contributed by atoms with E-state index in [4.69, 9.17) is 0 Å². The number of anilines is 1. The van der Waals surface area contributed by atoms with Crippen molar-refractivity contribution in [2.75, 3.05) is 18.0 Å². The quantitative estimate of drug-likeness (QED) is 0.791. The second-order valence-electron chi connectivity index (χ2n) is 5.65. The summed E-state index contributed by atoms with van der Waals surface area (Å²) in [5, 5.41) is 0. The van der Waals surface area contributed by atoms with Gasteiger partial charge < -0.3 is 4.90 Å². The summed E-state index contributed by atoms with van der Waals surface area (Å²) < 4.78 is 2.32. The van der Waals surface area contributed by atoms with E-state index < -0.39 is 0 Å². The Morgan fingerprint density at radius 3 is 3.00 bits per heavy atom. The monoisotopic (exact) mass is 325 g/mol. The molecule has 0 atom stereocenters. The maximum absolute atomic E-state index is 4.51. The number of fused-ring (bicyclic) bond motifs is 1. The van der Waals surface area contributed by atoms with Crippen molar-refractivity contribution < 1.29 is 0 Å². The maximum atomic E-state index is 4.51. The van der Waals surface area contributed by atoms with Gasteiger partial charge in [0.2, 0.25) is 0 Å². The molecule has 5 heteroatoms. The summed E-state index contributed by atoms with van der Waals surface area (Å²) in [5.41, 5.74) is 1.42. The zero-order valence-corrected chi connectivity index (χ0v) is 13.0. The fourth-order valence-electron chi connectivity index (χ4n) is 2.64. The average Bonchev–Trinajstić information content (AvgIpc) is 2.67. The summed E-state index contributed by atoms with van der Waals surface area (Å²) in [6.07, 6.45) is 4.22. The molecule has 0 aromatic carbocycles. The lowest BCUT2D eigenvalue weighted by Crippen LogP contribution is -2.40. The van der Waals surface area contributed by atoms with Crippen LogP contribution in [0.2, 0.25) is 0 Å². The van der Waals surface area contributed by atoms with Crippen LogP contribution in [0.25, 0.3) is 10.2 Å². The van der Waals surface area contributed by atoms with Gasteiger partial charge in [-0.05, 0) is 40.3 Å². The molecule has 0 amide bonds. The third kappa shape index (κ3) is 2.26. The SMILES string of the molecule is CC1(C)CCCN(c2ncnc3cc(Br)sc23)C1. The molecule has 1 aliphatic heterocycles. The lowest BCUT2D eigenvalue weighted by molar-refractivity contribution is 0.292. The molecule has 1 saturated heterocycles. The molecule has 2 aromatic heterocycles. The van der Waals surface area contributed by atoms with Crippen LogP contribution in [-0.2, 0) is 0 Å². The van der Waals surface area contributed by atoms with Crippen LogP contribution in [0.4, 0.5) is 5.82 Å². The number of aromatic nitrogens is 2. The molecular formula is C13H16BrN3S. The van der Waals surface area contributed by atoms with Gasteiger partial charge >= 0.3 is 0 Å². The van der Waals surface area contributed by atoms with Gasteiger partial charge in [-0.3, -0.25) is 0 Å². The van der Waals surface area contributed by atoms with Crippen LogP contribution >= 0.6 is 27.3 Å². The molecule has 0 saturated carbocycles. The molecule has 96 valence electrons. The molecule has 0 radical (unpaired) electrons. The van der Waals surface area contributed by atoms with Gasteiger partial charge in [-0.2, -0.15) is 0 Å². The molecule has 3 nitrogen and oxygen atoms in total. The number of hydrogen-bond acceptors (Lipinski definition) is 4. The highest BCUT2D eigenvalue weighted by atomic mass is 79.9. The molecule has 0 aliphatic carbocycles. The van der Waals surface area contributed by atoms with E-state index in [0.717, 1.165) is 28.2 Å². The number of nitrogens with zero attached hydrogens (tertiary/aromatic N) is 3. The topological polar surface area (TPSA) is 29.0 Å². The van der Waals surface area contributed by atoms with Crippen molar-refractivity contribution >= 4 is 43.3 Å². The Labute approximate surface area is 119 Å². The Balaban J connectivity index is 2.03. The normalized spacial score (nSPS) is 19.4. The van der Waals surface area contributed by atoms with Gasteiger partial charge in [0, 0.05) is 13.1 Å². The summed E-state index contributed by atoms with van der Waals surface area (Å²) >= 11 is 5.26. The Kier molecular flexibility index (Phi) is 3.06. The van der Waals surface area contributed by atoms with Crippen molar-refractivity contribution in [2.45, 2.75) is 26.7 Å². The van der Waals surface area contributed by atoms with Gasteiger partial charge in [-0.25, -0.2) is 9.97 Å². The molecule has 0 N–H and O–H groups in total. The number of halogens is 1. The standard InChI is InChI=1S/C13H16BrN3S/c1-13(2)4-3-5-17(7-13)12-11-9(15-8-16-12)6-10(14)18-11/h6,8H,3-5,7H2,1-2H3. The minimum Gasteiger partial charge on any atom is -0.355 e. The molecule has 2 aromatic rings. The molecule has 1 fully saturated rings. The number of hydrogen-bond donors (Lipinski definition) is 0. The van der Waals surface area contributed by atoms with Gasteiger partial charge in [0.15, 0.2) is 0 Å². The average molecular weight is 326 g/mol. The van der Waals surface area contributed by atoms with Gasteiger partial charge in [0.05, 0.1) is 14.0 Å². The van der Waals surface area contributed by atoms with Crippen molar-refractivity contribution in [3.63, 3.8) is 0 Å². The fourth-order valence-corrected chi connectivity index (χ4v) is 4.20. The second-order valence-corrected chi connectivity index (χ2v) is 8.08. The highest BCUT2D eigenvalue weighted by Crippen LogP contribution is 2.37. The Morgan fingerprint density at radius 2 is 2.22 bits per heavy atom. The maximum Gasteiger partial charge on any atom is 0.150 e. The van der Waals surface area contributed by atoms with Crippen LogP contribution < -0.4 is 4.90 Å². The molecule has 0 spiro atoms. The molecule has 1 aliphatic rings. The second kappa shape index (κ2) is 4.46. The zero-order chi connectivity index (χ0) is 12.8. The lowest BCUT2D eigenvalue weighted by Gasteiger charge is -2.38. The first-order valence-corrected chi connectivity index (χ1v) is 7.81. The molecule has 18 heavy (non-hydrogen) atoms. The first kappa shape index (κ1) is 12.4. The van der Waals surface area contributed by atoms with Crippen molar-refractivity contribution in [3.05, 3.63) is 16.2 Å². The van der Waals surface area contributed by atoms with Crippen LogP contribution in [0, 0.1) is 5.41 Å². The van der Waals surface area contributed by atoms with E-state index in [2.05, 4.69) is 50.7 Å². The van der Waals surface area contributed by atoms with E-state index in [1.807, 2.05) is 0 Å². The fraction of sp³-hybridized carbons (Fsp3) is 0.538. The first-order valence-electron chi connectivity index (χ1n) is 6.20. The molecule has 0 unspecified atom stereocenters. The van der Waals surface area contributed by atoms with Crippen LogP contribution in [0.3, 0.4) is 0 Å². The molecule has 0 bridgehead atoms. The van der Waals surface area contributed by atoms with Gasteiger partial charge in [0.1, 0.15) is 12.1 Å². The highest BCUT2D eigenvalue weighted by molar-refractivity contribution is 9.11. The first-order chi connectivity index (χ1) is 8.55. The molecule has 3 rings (SSSR count). The van der Waals surface area contributed by atoms with E-state index in [-0.39, 0.29) is 0 Å². The van der Waals surface area contributed by atoms with Crippen LogP contribution in [0.1, 0.15) is 26.7 Å². The third-order valence-corrected chi connectivity index (χ3v) is 5.09. The smallest absolute Gasteiger partial charge is 0.150 e. The van der Waals surface area contributed by atoms with Gasteiger partial charge in [0.25, 0.3) is 0 Å². The van der Waals surface area contributed by atoms with Crippen LogP contribution in [-0.4, -0.2) is 23.1 Å². The van der Waals surface area contributed by atoms with E-state index >= 15 is 0 Å². The molecule has 3 heterocycles. The van der Waals surface area contributed by atoms with Crippen molar-refractivity contribution in [2.24, 2.45) is 5.41 Å². The third-order valence-electron chi connectivity index (χ3n) is 3.46. The summed E-state index contributed by atoms with van der Waals surface area (Å²) in [7, 11) is 0. The van der Waals surface area contributed by atoms with E-state index in [1.54, 1.807) is 17.7 Å². The van der Waals surface area contributed by atoms with Gasteiger partial charge in [-0.15, -0.1) is 11.3 Å². The minimum atomic E-state index is 0.379. The predicted octanol–water partition coefficient (Wildman–Crippen LogP) is 4.08. The zero-order valence-electron chi connectivity index (χ0n) is 10.6. The summed E-state index contributed by atoms with van der Waals surface area (Å²) in [6, 6.07) is 2.07. The Morgan fingerprint density at radius 1 is 1.39 bits per heavy atom. The Bertz CT molecular complexity index is 579. The molecular weight excluding hydrogens is 310 g/mol. The highest BCUT2D eigenvalue weighted by Gasteiger charge is 2.28. The van der Waals surface area contributed by atoms with Crippen molar-refractivity contribution in [1.82, 2.24) is 9.97 Å². The van der Waals surface area contributed by atoms with Crippen molar-refractivity contribution in [1.29, 1.82) is 0 Å². The number of thiophene rings is 1. The van der Waals surface area contributed by atoms with E-state index in [1.165, 1.54) is 17.5 Å².